The molecule has 0 aromatic carbocycles. The van der Waals surface area contributed by atoms with Crippen LogP contribution in [0.4, 0.5) is 0 Å². The molecule has 4 aliphatic carbocycles. The summed E-state index contributed by atoms with van der Waals surface area (Å²) in [4.78, 5) is 13.4. The second-order valence-electron chi connectivity index (χ2n) is 12.2. The number of hydrogen-bond donors (Lipinski definition) is 1. The molecule has 30 heavy (non-hydrogen) atoms. The minimum absolute atomic E-state index is 0.145. The molecule has 2 nitrogen and oxygen atoms in total. The highest BCUT2D eigenvalue weighted by Crippen LogP contribution is 2.66. The van der Waals surface area contributed by atoms with Crippen LogP contribution in [0.1, 0.15) is 92.4 Å². The lowest BCUT2D eigenvalue weighted by Crippen LogP contribution is -2.51. The largest absolute Gasteiger partial charge is 0.393 e. The number of fused-ring (bicyclic) bond motifs is 5. The SMILES string of the molecule is C=C(CC[C@@H](C)[C@H]1C(=O)CC2C3CC=C4C[C@@H](O)CC[C@]4(C)C3CC[C@@]21C)C(C)C. The molecule has 3 unspecified atom stereocenters. The van der Waals surface area contributed by atoms with Crippen molar-refractivity contribution in [1.82, 2.24) is 0 Å². The number of ketones is 1. The van der Waals surface area contributed by atoms with Gasteiger partial charge >= 0.3 is 0 Å². The monoisotopic (exact) mass is 412 g/mol. The normalized spacial score (nSPS) is 44.2. The van der Waals surface area contributed by atoms with Gasteiger partial charge in [0, 0.05) is 12.3 Å². The van der Waals surface area contributed by atoms with Crippen LogP contribution in [-0.4, -0.2) is 17.0 Å². The maximum absolute atomic E-state index is 13.4. The number of carbonyl (C=O) groups excluding carboxylic acids is 1. The van der Waals surface area contributed by atoms with E-state index >= 15 is 0 Å². The van der Waals surface area contributed by atoms with Gasteiger partial charge in [-0.25, -0.2) is 0 Å². The highest BCUT2D eigenvalue weighted by molar-refractivity contribution is 5.85. The molecule has 0 spiro atoms. The third kappa shape index (κ3) is 3.46. The molecule has 168 valence electrons. The van der Waals surface area contributed by atoms with E-state index in [-0.39, 0.29) is 22.9 Å². The highest BCUT2D eigenvalue weighted by Gasteiger charge is 2.61. The molecule has 2 heteroatoms. The van der Waals surface area contributed by atoms with Crippen LogP contribution in [0, 0.1) is 46.3 Å². The Bertz CT molecular complexity index is 733. The van der Waals surface area contributed by atoms with E-state index in [4.69, 9.17) is 0 Å². The van der Waals surface area contributed by atoms with Crippen LogP contribution in [0.3, 0.4) is 0 Å². The molecule has 3 saturated carbocycles. The fourth-order valence-electron chi connectivity index (χ4n) is 8.31. The van der Waals surface area contributed by atoms with Gasteiger partial charge < -0.3 is 5.11 Å². The van der Waals surface area contributed by atoms with Crippen LogP contribution < -0.4 is 0 Å². The molecule has 1 N–H and O–H groups in total. The predicted molar refractivity (Wildman–Crippen MR) is 124 cm³/mol. The van der Waals surface area contributed by atoms with Crippen LogP contribution in [-0.2, 0) is 4.79 Å². The van der Waals surface area contributed by atoms with E-state index in [2.05, 4.69) is 47.3 Å². The number of Topliss-reactive ketones (excluding diaryl/α,β-unsaturated/α-hetero) is 1. The molecule has 0 saturated heterocycles. The number of aliphatic hydroxyl groups excluding tert-OH is 1. The highest BCUT2D eigenvalue weighted by atomic mass is 16.3. The maximum Gasteiger partial charge on any atom is 0.137 e. The van der Waals surface area contributed by atoms with Crippen LogP contribution in [0.25, 0.3) is 0 Å². The van der Waals surface area contributed by atoms with Crippen molar-refractivity contribution in [3.63, 3.8) is 0 Å². The Morgan fingerprint density at radius 3 is 2.60 bits per heavy atom. The lowest BCUT2D eigenvalue weighted by atomic mass is 9.47. The van der Waals surface area contributed by atoms with Crippen LogP contribution in [0.15, 0.2) is 23.8 Å². The molecule has 0 aromatic heterocycles. The van der Waals surface area contributed by atoms with E-state index in [0.717, 1.165) is 44.9 Å². The Labute approximate surface area is 184 Å². The summed E-state index contributed by atoms with van der Waals surface area (Å²) in [7, 11) is 0. The Morgan fingerprint density at radius 1 is 1.17 bits per heavy atom. The molecule has 4 aliphatic rings. The van der Waals surface area contributed by atoms with Crippen molar-refractivity contribution >= 4 is 5.78 Å². The predicted octanol–water partition coefficient (Wildman–Crippen LogP) is 6.73. The Morgan fingerprint density at radius 2 is 1.90 bits per heavy atom. The van der Waals surface area contributed by atoms with Crippen LogP contribution in [0.5, 0.6) is 0 Å². The average molecular weight is 413 g/mol. The van der Waals surface area contributed by atoms with Crippen molar-refractivity contribution in [2.24, 2.45) is 46.3 Å². The number of hydrogen-bond acceptors (Lipinski definition) is 2. The molecule has 0 heterocycles. The Hall–Kier alpha value is -0.890. The summed E-state index contributed by atoms with van der Waals surface area (Å²) in [5.41, 5.74) is 3.28. The lowest BCUT2D eigenvalue weighted by Gasteiger charge is -2.58. The van der Waals surface area contributed by atoms with Gasteiger partial charge in [-0.3, -0.25) is 4.79 Å². The number of aliphatic hydroxyl groups is 1. The zero-order valence-electron chi connectivity index (χ0n) is 20.0. The number of rotatable bonds is 5. The minimum Gasteiger partial charge on any atom is -0.393 e. The fourth-order valence-corrected chi connectivity index (χ4v) is 8.31. The van der Waals surface area contributed by atoms with Crippen molar-refractivity contribution in [3.8, 4) is 0 Å². The van der Waals surface area contributed by atoms with Crippen LogP contribution in [0.2, 0.25) is 0 Å². The van der Waals surface area contributed by atoms with E-state index in [9.17, 15) is 9.90 Å². The summed E-state index contributed by atoms with van der Waals surface area (Å²) in [6, 6.07) is 0. The first-order valence-electron chi connectivity index (χ1n) is 12.7. The smallest absolute Gasteiger partial charge is 0.137 e. The van der Waals surface area contributed by atoms with Gasteiger partial charge in [-0.1, -0.05) is 58.4 Å². The fraction of sp³-hybridized carbons (Fsp3) is 0.821. The van der Waals surface area contributed by atoms with E-state index in [1.54, 1.807) is 0 Å². The molecule has 4 rings (SSSR count). The molecule has 0 aromatic rings. The van der Waals surface area contributed by atoms with Crippen molar-refractivity contribution in [2.75, 3.05) is 0 Å². The van der Waals surface area contributed by atoms with Crippen molar-refractivity contribution in [3.05, 3.63) is 23.8 Å². The maximum atomic E-state index is 13.4. The summed E-state index contributed by atoms with van der Waals surface area (Å²) in [5.74, 6) is 3.67. The van der Waals surface area contributed by atoms with Gasteiger partial charge in [0.25, 0.3) is 0 Å². The zero-order valence-corrected chi connectivity index (χ0v) is 20.0. The van der Waals surface area contributed by atoms with Gasteiger partial charge in [0.05, 0.1) is 6.10 Å². The first-order chi connectivity index (χ1) is 14.1. The van der Waals surface area contributed by atoms with E-state index < -0.39 is 0 Å². The number of carbonyl (C=O) groups is 1. The van der Waals surface area contributed by atoms with E-state index in [1.807, 2.05) is 0 Å². The third-order valence-corrected chi connectivity index (χ3v) is 10.3. The van der Waals surface area contributed by atoms with Gasteiger partial charge in [0.15, 0.2) is 0 Å². The first kappa shape index (κ1) is 22.3. The lowest BCUT2D eigenvalue weighted by molar-refractivity contribution is -0.124. The van der Waals surface area contributed by atoms with Crippen LogP contribution >= 0.6 is 0 Å². The summed E-state index contributed by atoms with van der Waals surface area (Å²) in [6.45, 7) is 16.0. The molecule has 0 aliphatic heterocycles. The molecular formula is C28H44O2. The zero-order chi connectivity index (χ0) is 21.8. The second kappa shape index (κ2) is 7.91. The minimum atomic E-state index is -0.145. The molecule has 0 bridgehead atoms. The second-order valence-corrected chi connectivity index (χ2v) is 12.2. The van der Waals surface area contributed by atoms with Gasteiger partial charge in [0.2, 0.25) is 0 Å². The Balaban J connectivity index is 1.54. The van der Waals surface area contributed by atoms with Gasteiger partial charge in [-0.15, -0.1) is 0 Å². The molecule has 8 atom stereocenters. The Kier molecular flexibility index (Phi) is 5.88. The van der Waals surface area contributed by atoms with Gasteiger partial charge in [-0.2, -0.15) is 0 Å². The summed E-state index contributed by atoms with van der Waals surface area (Å²) in [6.07, 6.45) is 11.8. The third-order valence-electron chi connectivity index (χ3n) is 10.3. The topological polar surface area (TPSA) is 37.3 Å². The number of allylic oxidation sites excluding steroid dienone is 2. The molecular weight excluding hydrogens is 368 g/mol. The summed E-state index contributed by atoms with van der Waals surface area (Å²) in [5, 5.41) is 10.2. The van der Waals surface area contributed by atoms with E-state index in [1.165, 1.54) is 24.0 Å². The van der Waals surface area contributed by atoms with Crippen molar-refractivity contribution < 1.29 is 9.90 Å². The standard InChI is InChI=1S/C28H44O2/c1-17(2)18(3)7-8-19(4)26-25(30)16-24-22-10-9-20-15-21(29)11-13-27(20,5)23(22)12-14-28(24,26)6/h9,17,19,21-24,26,29H,3,7-8,10-16H2,1-2,4-6H3/t19-,21+,22?,23?,24?,26+,27+,28+/m1/s1. The molecule has 0 amide bonds. The summed E-state index contributed by atoms with van der Waals surface area (Å²) >= 11 is 0. The molecule has 0 radical (unpaired) electrons. The van der Waals surface area contributed by atoms with Gasteiger partial charge in [0.1, 0.15) is 5.78 Å². The average Bonchev–Trinajstić information content (AvgIpc) is 2.96. The molecule has 3 fully saturated rings. The van der Waals surface area contributed by atoms with E-state index in [0.29, 0.717) is 35.4 Å². The van der Waals surface area contributed by atoms with Gasteiger partial charge in [-0.05, 0) is 91.8 Å². The summed E-state index contributed by atoms with van der Waals surface area (Å²) < 4.78 is 0. The van der Waals surface area contributed by atoms with Crippen molar-refractivity contribution in [2.45, 2.75) is 98.5 Å². The quantitative estimate of drug-likeness (QED) is 0.508. The first-order valence-corrected chi connectivity index (χ1v) is 12.7. The van der Waals surface area contributed by atoms with Crippen molar-refractivity contribution in [1.29, 1.82) is 0 Å².